The van der Waals surface area contributed by atoms with Crippen LogP contribution in [0.15, 0.2) is 24.3 Å². The maximum atomic E-state index is 11.7. The van der Waals surface area contributed by atoms with Gasteiger partial charge in [0.1, 0.15) is 12.4 Å². The lowest BCUT2D eigenvalue weighted by Crippen LogP contribution is -2.41. The molecule has 4 N–H and O–H groups in total. The van der Waals surface area contributed by atoms with Crippen LogP contribution >= 0.6 is 0 Å². The largest absolute Gasteiger partial charge is 0.492 e. The number of carbonyl (C=O) groups is 1. The molecule has 0 unspecified atom stereocenters. The fourth-order valence-corrected chi connectivity index (χ4v) is 1.75. The number of nitrogens with two attached hydrogens (primary N) is 1. The third-order valence-corrected chi connectivity index (χ3v) is 2.92. The highest BCUT2D eigenvalue weighted by Gasteiger charge is 2.19. The van der Waals surface area contributed by atoms with E-state index >= 15 is 0 Å². The molecule has 0 atom stereocenters. The zero-order valence-corrected chi connectivity index (χ0v) is 10.3. The van der Waals surface area contributed by atoms with Crippen molar-refractivity contribution in [3.8, 4) is 5.75 Å². The standard InChI is InChI=1S/C13H19N3O2/c14-7-8-18-12-6-2-5-11(9-12)16-13(17)15-10-3-1-4-10/h2,5-6,9-10H,1,3-4,7-8,14H2,(H2,15,16,17). The molecule has 98 valence electrons. The molecule has 2 amide bonds. The quantitative estimate of drug-likeness (QED) is 0.743. The third-order valence-electron chi connectivity index (χ3n) is 2.92. The number of carbonyl (C=O) groups excluding carboxylic acids is 1. The van der Waals surface area contributed by atoms with Gasteiger partial charge in [-0.25, -0.2) is 4.79 Å². The maximum Gasteiger partial charge on any atom is 0.319 e. The molecule has 0 spiro atoms. The molecule has 0 aliphatic heterocycles. The molecule has 0 bridgehead atoms. The number of benzene rings is 1. The van der Waals surface area contributed by atoms with Crippen molar-refractivity contribution in [3.05, 3.63) is 24.3 Å². The van der Waals surface area contributed by atoms with Crippen LogP contribution in [0, 0.1) is 0 Å². The van der Waals surface area contributed by atoms with Crippen molar-refractivity contribution in [3.63, 3.8) is 0 Å². The van der Waals surface area contributed by atoms with Crippen molar-refractivity contribution in [1.29, 1.82) is 0 Å². The van der Waals surface area contributed by atoms with Crippen molar-refractivity contribution in [2.24, 2.45) is 5.73 Å². The molecule has 0 saturated heterocycles. The minimum Gasteiger partial charge on any atom is -0.492 e. The Hall–Kier alpha value is -1.75. The highest BCUT2D eigenvalue weighted by Crippen LogP contribution is 2.19. The monoisotopic (exact) mass is 249 g/mol. The molecule has 5 nitrogen and oxygen atoms in total. The minimum atomic E-state index is -0.157. The number of hydrogen-bond donors (Lipinski definition) is 3. The van der Waals surface area contributed by atoms with Gasteiger partial charge in [0.2, 0.25) is 0 Å². The van der Waals surface area contributed by atoms with Crippen LogP contribution in [0.5, 0.6) is 5.75 Å². The van der Waals surface area contributed by atoms with E-state index in [9.17, 15) is 4.79 Å². The first-order valence-electron chi connectivity index (χ1n) is 6.28. The Morgan fingerprint density at radius 3 is 2.94 bits per heavy atom. The van der Waals surface area contributed by atoms with Gasteiger partial charge in [0.25, 0.3) is 0 Å². The van der Waals surface area contributed by atoms with E-state index in [-0.39, 0.29) is 6.03 Å². The van der Waals surface area contributed by atoms with Gasteiger partial charge in [-0.05, 0) is 31.4 Å². The van der Waals surface area contributed by atoms with Crippen LogP contribution < -0.4 is 21.1 Å². The Kier molecular flexibility index (Phi) is 4.41. The van der Waals surface area contributed by atoms with Crippen molar-refractivity contribution in [2.45, 2.75) is 25.3 Å². The highest BCUT2D eigenvalue weighted by atomic mass is 16.5. The Morgan fingerprint density at radius 1 is 1.44 bits per heavy atom. The average molecular weight is 249 g/mol. The van der Waals surface area contributed by atoms with Gasteiger partial charge < -0.3 is 21.1 Å². The lowest BCUT2D eigenvalue weighted by Gasteiger charge is -2.26. The van der Waals surface area contributed by atoms with E-state index in [4.69, 9.17) is 10.5 Å². The van der Waals surface area contributed by atoms with Crippen LogP contribution in [0.4, 0.5) is 10.5 Å². The normalized spacial score (nSPS) is 14.7. The summed E-state index contributed by atoms with van der Waals surface area (Å²) in [5.74, 6) is 0.710. The van der Waals surface area contributed by atoms with Gasteiger partial charge in [0.05, 0.1) is 0 Å². The van der Waals surface area contributed by atoms with Gasteiger partial charge >= 0.3 is 6.03 Å². The average Bonchev–Trinajstić information content (AvgIpc) is 2.32. The number of hydrogen-bond acceptors (Lipinski definition) is 3. The summed E-state index contributed by atoms with van der Waals surface area (Å²) in [6, 6.07) is 7.47. The summed E-state index contributed by atoms with van der Waals surface area (Å²) in [5, 5.41) is 5.71. The van der Waals surface area contributed by atoms with Gasteiger partial charge in [0.15, 0.2) is 0 Å². The SMILES string of the molecule is NCCOc1cccc(NC(=O)NC2CCC2)c1. The van der Waals surface area contributed by atoms with Crippen molar-refractivity contribution in [1.82, 2.24) is 5.32 Å². The van der Waals surface area contributed by atoms with Gasteiger partial charge in [0, 0.05) is 24.3 Å². The Morgan fingerprint density at radius 2 is 2.28 bits per heavy atom. The zero-order valence-electron chi connectivity index (χ0n) is 10.3. The summed E-state index contributed by atoms with van der Waals surface area (Å²) in [6.45, 7) is 0.942. The van der Waals surface area contributed by atoms with Crippen LogP contribution in [0.3, 0.4) is 0 Å². The second-order valence-corrected chi connectivity index (χ2v) is 4.39. The number of rotatable bonds is 5. The zero-order chi connectivity index (χ0) is 12.8. The third kappa shape index (κ3) is 3.63. The lowest BCUT2D eigenvalue weighted by atomic mass is 9.93. The first-order valence-corrected chi connectivity index (χ1v) is 6.28. The molecular formula is C13H19N3O2. The summed E-state index contributed by atoms with van der Waals surface area (Å²) in [7, 11) is 0. The number of urea groups is 1. The lowest BCUT2D eigenvalue weighted by molar-refractivity contribution is 0.240. The molecule has 5 heteroatoms. The predicted molar refractivity (Wildman–Crippen MR) is 70.8 cm³/mol. The van der Waals surface area contributed by atoms with Gasteiger partial charge in [-0.2, -0.15) is 0 Å². The number of nitrogens with one attached hydrogen (secondary N) is 2. The number of ether oxygens (including phenoxy) is 1. The second kappa shape index (κ2) is 6.26. The molecule has 1 aliphatic rings. The van der Waals surface area contributed by atoms with Gasteiger partial charge in [-0.3, -0.25) is 0 Å². The molecule has 0 aromatic heterocycles. The fraction of sp³-hybridized carbons (Fsp3) is 0.462. The van der Waals surface area contributed by atoms with E-state index < -0.39 is 0 Å². The van der Waals surface area contributed by atoms with Crippen molar-refractivity contribution < 1.29 is 9.53 Å². The molecule has 0 heterocycles. The topological polar surface area (TPSA) is 76.4 Å². The first-order chi connectivity index (χ1) is 8.78. The summed E-state index contributed by atoms with van der Waals surface area (Å²) < 4.78 is 5.39. The highest BCUT2D eigenvalue weighted by molar-refractivity contribution is 5.89. The smallest absolute Gasteiger partial charge is 0.319 e. The Labute approximate surface area is 107 Å². The van der Waals surface area contributed by atoms with Crippen molar-refractivity contribution in [2.75, 3.05) is 18.5 Å². The minimum absolute atomic E-state index is 0.157. The van der Waals surface area contributed by atoms with Crippen LogP contribution in [-0.2, 0) is 0 Å². The molecule has 2 rings (SSSR count). The maximum absolute atomic E-state index is 11.7. The summed E-state index contributed by atoms with van der Waals surface area (Å²) >= 11 is 0. The molecule has 18 heavy (non-hydrogen) atoms. The second-order valence-electron chi connectivity index (χ2n) is 4.39. The van der Waals surface area contributed by atoms with Crippen LogP contribution in [0.2, 0.25) is 0 Å². The fourth-order valence-electron chi connectivity index (χ4n) is 1.75. The molecular weight excluding hydrogens is 230 g/mol. The van der Waals surface area contributed by atoms with Gasteiger partial charge in [-0.15, -0.1) is 0 Å². The molecule has 1 aliphatic carbocycles. The molecule has 0 radical (unpaired) electrons. The van der Waals surface area contributed by atoms with E-state index in [1.807, 2.05) is 18.2 Å². The Balaban J connectivity index is 1.85. The Bertz CT molecular complexity index is 405. The van der Waals surface area contributed by atoms with Crippen molar-refractivity contribution >= 4 is 11.7 Å². The van der Waals surface area contributed by atoms with Crippen LogP contribution in [0.25, 0.3) is 0 Å². The van der Waals surface area contributed by atoms with E-state index in [1.165, 1.54) is 6.42 Å². The molecule has 1 saturated carbocycles. The van der Waals surface area contributed by atoms with Gasteiger partial charge in [-0.1, -0.05) is 6.07 Å². The van der Waals surface area contributed by atoms with E-state index in [0.29, 0.717) is 24.9 Å². The van der Waals surface area contributed by atoms with E-state index in [1.54, 1.807) is 6.07 Å². The van der Waals surface area contributed by atoms with E-state index in [0.717, 1.165) is 18.5 Å². The number of anilines is 1. The molecule has 1 aromatic carbocycles. The summed E-state index contributed by atoms with van der Waals surface area (Å²) in [6.07, 6.45) is 3.35. The van der Waals surface area contributed by atoms with E-state index in [2.05, 4.69) is 10.6 Å². The first kappa shape index (κ1) is 12.7. The van der Waals surface area contributed by atoms with Crippen LogP contribution in [0.1, 0.15) is 19.3 Å². The summed E-state index contributed by atoms with van der Waals surface area (Å²) in [4.78, 5) is 11.7. The number of amides is 2. The molecule has 1 aromatic rings. The predicted octanol–water partition coefficient (Wildman–Crippen LogP) is 1.70. The van der Waals surface area contributed by atoms with Crippen LogP contribution in [-0.4, -0.2) is 25.2 Å². The molecule has 1 fully saturated rings. The summed E-state index contributed by atoms with van der Waals surface area (Å²) in [5.41, 5.74) is 6.09.